The van der Waals surface area contributed by atoms with Gasteiger partial charge in [-0.1, -0.05) is 36.4 Å². The molecule has 11 nitrogen and oxygen atoms in total. The van der Waals surface area contributed by atoms with Crippen LogP contribution < -0.4 is 10.6 Å². The summed E-state index contributed by atoms with van der Waals surface area (Å²) >= 11 is 0. The van der Waals surface area contributed by atoms with Crippen LogP contribution in [0.2, 0.25) is 0 Å². The lowest BCUT2D eigenvalue weighted by molar-refractivity contribution is -0.136. The predicted molar refractivity (Wildman–Crippen MR) is 122 cm³/mol. The van der Waals surface area contributed by atoms with E-state index in [1.54, 1.807) is 6.07 Å². The highest BCUT2D eigenvalue weighted by molar-refractivity contribution is 6.23. The van der Waals surface area contributed by atoms with Gasteiger partial charge in [0.25, 0.3) is 11.8 Å². The SMILES string of the molecule is O=C1CCC(N2C(=O)c3ccc(CNC(=O)N(Cc4ccccc4)C4=COCO4)cc3C2=O)C(=O)N1. The van der Waals surface area contributed by atoms with E-state index in [4.69, 9.17) is 9.47 Å². The van der Waals surface area contributed by atoms with E-state index in [1.807, 2.05) is 30.3 Å². The number of imide groups is 2. The molecular weight excluding hydrogens is 468 g/mol. The molecule has 0 spiro atoms. The molecule has 1 fully saturated rings. The minimum absolute atomic E-state index is 0.0124. The molecule has 1 atom stereocenters. The molecular formula is C25H22N4O7. The minimum Gasteiger partial charge on any atom is -0.459 e. The molecule has 0 bridgehead atoms. The average Bonchev–Trinajstić information content (AvgIpc) is 3.49. The number of hydrogen-bond acceptors (Lipinski definition) is 7. The Morgan fingerprint density at radius 3 is 2.53 bits per heavy atom. The van der Waals surface area contributed by atoms with Crippen LogP contribution in [-0.4, -0.2) is 52.3 Å². The highest BCUT2D eigenvalue weighted by atomic mass is 16.7. The maximum absolute atomic E-state index is 13.0. The van der Waals surface area contributed by atoms with Gasteiger partial charge in [-0.25, -0.2) is 4.79 Å². The largest absolute Gasteiger partial charge is 0.459 e. The van der Waals surface area contributed by atoms with Gasteiger partial charge in [0, 0.05) is 13.0 Å². The number of rotatable bonds is 6. The highest BCUT2D eigenvalue weighted by Gasteiger charge is 2.44. The molecule has 6 amide bonds. The summed E-state index contributed by atoms with van der Waals surface area (Å²) in [6.07, 6.45) is 1.50. The van der Waals surface area contributed by atoms with Crippen molar-refractivity contribution in [3.63, 3.8) is 0 Å². The molecule has 0 aromatic heterocycles. The van der Waals surface area contributed by atoms with E-state index < -0.39 is 35.7 Å². The lowest BCUT2D eigenvalue weighted by Crippen LogP contribution is -2.54. The third-order valence-corrected chi connectivity index (χ3v) is 6.10. The molecule has 2 aromatic carbocycles. The number of nitrogens with one attached hydrogen (secondary N) is 2. The summed E-state index contributed by atoms with van der Waals surface area (Å²) in [4.78, 5) is 64.9. The Bertz CT molecular complexity index is 1290. The number of piperidine rings is 1. The van der Waals surface area contributed by atoms with Gasteiger partial charge >= 0.3 is 6.03 Å². The molecule has 11 heteroatoms. The molecule has 36 heavy (non-hydrogen) atoms. The average molecular weight is 490 g/mol. The fourth-order valence-electron chi connectivity index (χ4n) is 4.29. The monoisotopic (exact) mass is 490 g/mol. The zero-order valence-electron chi connectivity index (χ0n) is 19.1. The summed E-state index contributed by atoms with van der Waals surface area (Å²) in [6, 6.07) is 12.6. The molecule has 3 aliphatic rings. The van der Waals surface area contributed by atoms with Gasteiger partial charge in [0.2, 0.25) is 24.5 Å². The van der Waals surface area contributed by atoms with Crippen molar-refractivity contribution in [1.82, 2.24) is 20.4 Å². The van der Waals surface area contributed by atoms with Gasteiger partial charge in [-0.3, -0.25) is 34.3 Å². The van der Waals surface area contributed by atoms with Crippen LogP contribution in [0.25, 0.3) is 0 Å². The third kappa shape index (κ3) is 4.38. The van der Waals surface area contributed by atoms with E-state index >= 15 is 0 Å². The zero-order chi connectivity index (χ0) is 25.2. The van der Waals surface area contributed by atoms with Gasteiger partial charge in [-0.15, -0.1) is 0 Å². The van der Waals surface area contributed by atoms with Crippen LogP contribution in [0.1, 0.15) is 44.7 Å². The number of carbonyl (C=O) groups is 5. The Morgan fingerprint density at radius 1 is 1.03 bits per heavy atom. The maximum atomic E-state index is 13.0. The van der Waals surface area contributed by atoms with E-state index in [2.05, 4.69) is 10.6 Å². The number of nitrogens with zero attached hydrogens (tertiary/aromatic N) is 2. The minimum atomic E-state index is -1.04. The summed E-state index contributed by atoms with van der Waals surface area (Å²) < 4.78 is 10.5. The summed E-state index contributed by atoms with van der Waals surface area (Å²) in [5.74, 6) is -2.02. The van der Waals surface area contributed by atoms with E-state index in [-0.39, 0.29) is 49.7 Å². The second-order valence-electron chi connectivity index (χ2n) is 8.44. The first-order valence-electron chi connectivity index (χ1n) is 11.3. The molecule has 2 N–H and O–H groups in total. The van der Waals surface area contributed by atoms with E-state index in [1.165, 1.54) is 23.3 Å². The van der Waals surface area contributed by atoms with Crippen LogP contribution >= 0.6 is 0 Å². The predicted octanol–water partition coefficient (Wildman–Crippen LogP) is 1.60. The normalized spacial score (nSPS) is 18.7. The number of urea groups is 1. The molecule has 1 unspecified atom stereocenters. The number of hydrogen-bond donors (Lipinski definition) is 2. The van der Waals surface area contributed by atoms with Gasteiger partial charge < -0.3 is 14.8 Å². The standard InChI is InChI=1S/C25H22N4O7/c30-20-9-8-19(22(31)27-20)29-23(32)17-7-6-16(10-18(17)24(29)33)11-26-25(34)28(21-13-35-14-36-21)12-15-4-2-1-3-5-15/h1-7,10,13,19H,8-9,11-12,14H2,(H,26,34)(H,27,30,31). The lowest BCUT2D eigenvalue weighted by atomic mass is 10.0. The number of benzene rings is 2. The first-order chi connectivity index (χ1) is 17.4. The smallest absolute Gasteiger partial charge is 0.324 e. The van der Waals surface area contributed by atoms with Crippen molar-refractivity contribution in [3.05, 3.63) is 82.9 Å². The number of ether oxygens (including phenoxy) is 2. The molecule has 2 aromatic rings. The Hall–Kier alpha value is -4.67. The molecule has 5 rings (SSSR count). The van der Waals surface area contributed by atoms with E-state index in [0.717, 1.165) is 10.5 Å². The first-order valence-corrected chi connectivity index (χ1v) is 11.3. The fourth-order valence-corrected chi connectivity index (χ4v) is 4.29. The van der Waals surface area contributed by atoms with Crippen LogP contribution in [-0.2, 0) is 32.2 Å². The maximum Gasteiger partial charge on any atom is 0.324 e. The van der Waals surface area contributed by atoms with Gasteiger partial charge in [0.05, 0.1) is 17.7 Å². The number of amides is 6. The van der Waals surface area contributed by atoms with Crippen molar-refractivity contribution in [2.75, 3.05) is 6.79 Å². The summed E-state index contributed by atoms with van der Waals surface area (Å²) in [5.41, 5.74) is 1.80. The molecule has 1 saturated heterocycles. The second kappa shape index (κ2) is 9.53. The number of carbonyl (C=O) groups excluding carboxylic acids is 5. The van der Waals surface area contributed by atoms with Crippen molar-refractivity contribution in [2.45, 2.75) is 32.0 Å². The summed E-state index contributed by atoms with van der Waals surface area (Å²) in [6.45, 7) is 0.337. The van der Waals surface area contributed by atoms with Crippen molar-refractivity contribution >= 4 is 29.7 Å². The van der Waals surface area contributed by atoms with Crippen molar-refractivity contribution < 1.29 is 33.4 Å². The molecule has 3 heterocycles. The van der Waals surface area contributed by atoms with Crippen molar-refractivity contribution in [1.29, 1.82) is 0 Å². The van der Waals surface area contributed by atoms with Gasteiger partial charge in [-0.2, -0.15) is 0 Å². The molecule has 0 aliphatic carbocycles. The van der Waals surface area contributed by atoms with Gasteiger partial charge in [0.1, 0.15) is 12.3 Å². The number of fused-ring (bicyclic) bond motifs is 1. The Kier molecular flexibility index (Phi) is 6.11. The Balaban J connectivity index is 1.29. The lowest BCUT2D eigenvalue weighted by Gasteiger charge is -2.27. The Labute approximate surface area is 205 Å². The van der Waals surface area contributed by atoms with E-state index in [9.17, 15) is 24.0 Å². The molecule has 184 valence electrons. The van der Waals surface area contributed by atoms with Crippen LogP contribution in [0.4, 0.5) is 4.79 Å². The van der Waals surface area contributed by atoms with Gasteiger partial charge in [0.15, 0.2) is 0 Å². The quantitative estimate of drug-likeness (QED) is 0.588. The second-order valence-corrected chi connectivity index (χ2v) is 8.44. The molecule has 0 radical (unpaired) electrons. The molecule has 3 aliphatic heterocycles. The van der Waals surface area contributed by atoms with Crippen LogP contribution in [0, 0.1) is 0 Å². The van der Waals surface area contributed by atoms with Crippen LogP contribution in [0.15, 0.2) is 60.7 Å². The zero-order valence-corrected chi connectivity index (χ0v) is 19.1. The first kappa shape index (κ1) is 23.1. The molecule has 0 saturated carbocycles. The topological polar surface area (TPSA) is 134 Å². The van der Waals surface area contributed by atoms with Crippen molar-refractivity contribution in [2.24, 2.45) is 0 Å². The van der Waals surface area contributed by atoms with E-state index in [0.29, 0.717) is 5.56 Å². The van der Waals surface area contributed by atoms with Crippen LogP contribution in [0.5, 0.6) is 0 Å². The van der Waals surface area contributed by atoms with Crippen LogP contribution in [0.3, 0.4) is 0 Å². The Morgan fingerprint density at radius 2 is 1.81 bits per heavy atom. The third-order valence-electron chi connectivity index (χ3n) is 6.10. The fraction of sp³-hybridized carbons (Fsp3) is 0.240. The highest BCUT2D eigenvalue weighted by Crippen LogP contribution is 2.28. The van der Waals surface area contributed by atoms with Crippen molar-refractivity contribution in [3.8, 4) is 0 Å². The van der Waals surface area contributed by atoms with Gasteiger partial charge in [-0.05, 0) is 29.7 Å². The summed E-state index contributed by atoms with van der Waals surface area (Å²) in [5, 5.41) is 4.97. The summed E-state index contributed by atoms with van der Waals surface area (Å²) in [7, 11) is 0.